The van der Waals surface area contributed by atoms with Crippen LogP contribution in [0, 0.1) is 11.6 Å². The summed E-state index contributed by atoms with van der Waals surface area (Å²) in [7, 11) is 1.57. The molecule has 0 saturated heterocycles. The van der Waals surface area contributed by atoms with Gasteiger partial charge in [0.2, 0.25) is 0 Å². The zero-order valence-electron chi connectivity index (χ0n) is 12.6. The Kier molecular flexibility index (Phi) is 5.78. The van der Waals surface area contributed by atoms with Gasteiger partial charge in [0.05, 0.1) is 12.2 Å². The van der Waals surface area contributed by atoms with Crippen molar-refractivity contribution >= 4 is 5.91 Å². The maximum atomic E-state index is 13.5. The normalized spacial score (nSPS) is 12.0. The number of ether oxygens (including phenoxy) is 1. The van der Waals surface area contributed by atoms with Gasteiger partial charge in [0.1, 0.15) is 17.7 Å². The van der Waals surface area contributed by atoms with Crippen LogP contribution < -0.4 is 5.32 Å². The summed E-state index contributed by atoms with van der Waals surface area (Å²) in [4.78, 5) is 12.0. The van der Waals surface area contributed by atoms with E-state index >= 15 is 0 Å². The van der Waals surface area contributed by atoms with Gasteiger partial charge in [0, 0.05) is 19.2 Å². The molecule has 0 spiro atoms. The van der Waals surface area contributed by atoms with Crippen LogP contribution in [-0.2, 0) is 11.3 Å². The van der Waals surface area contributed by atoms with Gasteiger partial charge in [-0.1, -0.05) is 18.2 Å². The van der Waals surface area contributed by atoms with Crippen LogP contribution in [0.5, 0.6) is 0 Å². The average Bonchev–Trinajstić information content (AvgIpc) is 2.53. The molecule has 0 fully saturated rings. The van der Waals surface area contributed by atoms with Crippen molar-refractivity contribution in [2.45, 2.75) is 12.7 Å². The van der Waals surface area contributed by atoms with Gasteiger partial charge in [-0.25, -0.2) is 8.78 Å². The number of carbonyl (C=O) groups is 1. The highest BCUT2D eigenvalue weighted by Crippen LogP contribution is 2.20. The molecule has 2 aromatic rings. The van der Waals surface area contributed by atoms with Crippen LogP contribution in [0.15, 0.2) is 42.5 Å². The number of aliphatic hydroxyl groups is 1. The Hall–Kier alpha value is -2.31. The molecule has 0 aliphatic heterocycles. The third-order valence-corrected chi connectivity index (χ3v) is 3.32. The van der Waals surface area contributed by atoms with E-state index in [2.05, 4.69) is 5.32 Å². The van der Waals surface area contributed by atoms with Gasteiger partial charge >= 0.3 is 0 Å². The van der Waals surface area contributed by atoms with Crippen molar-refractivity contribution in [1.82, 2.24) is 5.32 Å². The lowest BCUT2D eigenvalue weighted by molar-refractivity contribution is 0.0911. The summed E-state index contributed by atoms with van der Waals surface area (Å²) in [6.07, 6.45) is -1.46. The quantitative estimate of drug-likeness (QED) is 0.860. The monoisotopic (exact) mass is 321 g/mol. The largest absolute Gasteiger partial charge is 0.386 e. The van der Waals surface area contributed by atoms with E-state index in [0.717, 1.165) is 17.7 Å². The Morgan fingerprint density at radius 2 is 1.78 bits per heavy atom. The molecule has 4 nitrogen and oxygen atoms in total. The molecule has 2 rings (SSSR count). The van der Waals surface area contributed by atoms with Crippen molar-refractivity contribution in [1.29, 1.82) is 0 Å². The summed E-state index contributed by atoms with van der Waals surface area (Å²) < 4.78 is 32.1. The van der Waals surface area contributed by atoms with Crippen molar-refractivity contribution < 1.29 is 23.4 Å². The van der Waals surface area contributed by atoms with E-state index in [1.165, 1.54) is 6.07 Å². The molecular weight excluding hydrogens is 304 g/mol. The molecule has 2 N–H and O–H groups in total. The minimum absolute atomic E-state index is 0.295. The Morgan fingerprint density at radius 1 is 1.17 bits per heavy atom. The van der Waals surface area contributed by atoms with E-state index in [1.807, 2.05) is 0 Å². The number of carbonyl (C=O) groups excluding carboxylic acids is 1. The van der Waals surface area contributed by atoms with Gasteiger partial charge in [-0.3, -0.25) is 4.79 Å². The Morgan fingerprint density at radius 3 is 2.35 bits per heavy atom. The van der Waals surface area contributed by atoms with E-state index in [9.17, 15) is 18.7 Å². The first-order valence-electron chi connectivity index (χ1n) is 7.01. The fourth-order valence-electron chi connectivity index (χ4n) is 2.14. The summed E-state index contributed by atoms with van der Waals surface area (Å²) in [5, 5.41) is 12.3. The third-order valence-electron chi connectivity index (χ3n) is 3.32. The van der Waals surface area contributed by atoms with Gasteiger partial charge in [-0.05, 0) is 29.8 Å². The van der Waals surface area contributed by atoms with Gasteiger partial charge in [0.25, 0.3) is 5.91 Å². The molecule has 0 aliphatic carbocycles. The van der Waals surface area contributed by atoms with Crippen molar-refractivity contribution in [2.24, 2.45) is 0 Å². The van der Waals surface area contributed by atoms with Crippen molar-refractivity contribution in [2.75, 3.05) is 13.7 Å². The topological polar surface area (TPSA) is 58.6 Å². The minimum atomic E-state index is -1.46. The third kappa shape index (κ3) is 4.34. The second-order valence-corrected chi connectivity index (χ2v) is 4.99. The second-order valence-electron chi connectivity index (χ2n) is 4.99. The highest BCUT2D eigenvalue weighted by Gasteiger charge is 2.18. The lowest BCUT2D eigenvalue weighted by atomic mass is 10.1. The molecule has 0 saturated carbocycles. The number of hydrogen-bond acceptors (Lipinski definition) is 3. The van der Waals surface area contributed by atoms with Gasteiger partial charge < -0.3 is 15.2 Å². The molecule has 1 unspecified atom stereocenters. The lowest BCUT2D eigenvalue weighted by Gasteiger charge is -2.14. The minimum Gasteiger partial charge on any atom is -0.386 e. The standard InChI is InChI=1S/C17H17F2NO3/c1-23-10-11-5-7-12(8-6-11)17(22)20-9-15(21)16-13(18)3-2-4-14(16)19/h2-8,15,21H,9-10H2,1H3,(H,20,22). The molecule has 6 heteroatoms. The summed E-state index contributed by atoms with van der Waals surface area (Å²) >= 11 is 0. The van der Waals surface area contributed by atoms with Crippen LogP contribution in [0.1, 0.15) is 27.6 Å². The smallest absolute Gasteiger partial charge is 0.251 e. The van der Waals surface area contributed by atoms with E-state index in [1.54, 1.807) is 31.4 Å². The Balaban J connectivity index is 1.98. The zero-order chi connectivity index (χ0) is 16.8. The van der Waals surface area contributed by atoms with E-state index in [-0.39, 0.29) is 6.54 Å². The summed E-state index contributed by atoms with van der Waals surface area (Å²) in [6, 6.07) is 10.0. The number of aliphatic hydroxyl groups excluding tert-OH is 1. The number of hydrogen-bond donors (Lipinski definition) is 2. The number of methoxy groups -OCH3 is 1. The lowest BCUT2D eigenvalue weighted by Crippen LogP contribution is -2.29. The predicted octanol–water partition coefficient (Wildman–Crippen LogP) is 2.57. The van der Waals surface area contributed by atoms with Crippen LogP contribution >= 0.6 is 0 Å². The number of rotatable bonds is 6. The fourth-order valence-corrected chi connectivity index (χ4v) is 2.14. The van der Waals surface area contributed by atoms with E-state index in [0.29, 0.717) is 12.2 Å². The van der Waals surface area contributed by atoms with Crippen LogP contribution in [0.2, 0.25) is 0 Å². The maximum absolute atomic E-state index is 13.5. The van der Waals surface area contributed by atoms with Crippen molar-refractivity contribution in [3.8, 4) is 0 Å². The zero-order valence-corrected chi connectivity index (χ0v) is 12.6. The second kappa shape index (κ2) is 7.80. The highest BCUT2D eigenvalue weighted by molar-refractivity contribution is 5.94. The first-order chi connectivity index (χ1) is 11.0. The number of amides is 1. The first-order valence-corrected chi connectivity index (χ1v) is 7.01. The highest BCUT2D eigenvalue weighted by atomic mass is 19.1. The first kappa shape index (κ1) is 17.1. The molecule has 122 valence electrons. The summed E-state index contributed by atoms with van der Waals surface area (Å²) in [6.45, 7) is 0.143. The van der Waals surface area contributed by atoms with Gasteiger partial charge in [-0.2, -0.15) is 0 Å². The van der Waals surface area contributed by atoms with Crippen molar-refractivity contribution in [3.63, 3.8) is 0 Å². The molecule has 0 heterocycles. The molecule has 1 atom stereocenters. The Labute approximate surface area is 132 Å². The van der Waals surface area contributed by atoms with Crippen LogP contribution in [0.25, 0.3) is 0 Å². The maximum Gasteiger partial charge on any atom is 0.251 e. The predicted molar refractivity (Wildman–Crippen MR) is 80.8 cm³/mol. The summed E-state index contributed by atoms with van der Waals surface area (Å²) in [5.41, 5.74) is 0.840. The molecular formula is C17H17F2NO3. The number of nitrogens with one attached hydrogen (secondary N) is 1. The molecule has 0 aromatic heterocycles. The number of benzene rings is 2. The van der Waals surface area contributed by atoms with Gasteiger partial charge in [-0.15, -0.1) is 0 Å². The van der Waals surface area contributed by atoms with Crippen LogP contribution in [0.4, 0.5) is 8.78 Å². The van der Waals surface area contributed by atoms with Gasteiger partial charge in [0.15, 0.2) is 0 Å². The molecule has 2 aromatic carbocycles. The SMILES string of the molecule is COCc1ccc(C(=O)NCC(O)c2c(F)cccc2F)cc1. The van der Waals surface area contributed by atoms with E-state index in [4.69, 9.17) is 4.74 Å². The molecule has 23 heavy (non-hydrogen) atoms. The molecule has 1 amide bonds. The number of halogens is 2. The van der Waals surface area contributed by atoms with Crippen LogP contribution in [-0.4, -0.2) is 24.7 Å². The molecule has 0 bridgehead atoms. The fraction of sp³-hybridized carbons (Fsp3) is 0.235. The average molecular weight is 321 g/mol. The van der Waals surface area contributed by atoms with Crippen LogP contribution in [0.3, 0.4) is 0 Å². The molecule has 0 aliphatic rings. The van der Waals surface area contributed by atoms with E-state index < -0.39 is 29.2 Å². The van der Waals surface area contributed by atoms with Crippen molar-refractivity contribution in [3.05, 3.63) is 70.8 Å². The summed E-state index contributed by atoms with van der Waals surface area (Å²) in [5.74, 6) is -2.14. The molecule has 0 radical (unpaired) electrons. The Bertz CT molecular complexity index is 654.